The fraction of sp³-hybridized carbons (Fsp3) is 0.353. The molecular formula is C17H20FNO2S. The summed E-state index contributed by atoms with van der Waals surface area (Å²) in [4.78, 5) is 16.1. The number of aryl methyl sites for hydroxylation is 1. The Morgan fingerprint density at radius 3 is 2.45 bits per heavy atom. The first kappa shape index (κ1) is 16.6. The maximum atomic E-state index is 13.0. The summed E-state index contributed by atoms with van der Waals surface area (Å²) in [6.45, 7) is 4.16. The Labute approximate surface area is 134 Å². The minimum Gasteiger partial charge on any atom is -0.394 e. The molecule has 2 rings (SSSR count). The van der Waals surface area contributed by atoms with Crippen molar-refractivity contribution in [2.75, 3.05) is 6.61 Å². The molecule has 118 valence electrons. The Hall–Kier alpha value is -1.72. The molecule has 22 heavy (non-hydrogen) atoms. The van der Waals surface area contributed by atoms with Gasteiger partial charge in [-0.05, 0) is 43.2 Å². The molecule has 5 heteroatoms. The Balaban J connectivity index is 2.25. The summed E-state index contributed by atoms with van der Waals surface area (Å²) in [7, 11) is 0. The number of hydrogen-bond donors (Lipinski definition) is 1. The Morgan fingerprint density at radius 2 is 1.95 bits per heavy atom. The number of halogens is 1. The lowest BCUT2D eigenvalue weighted by molar-refractivity contribution is 0.0568. The predicted molar refractivity (Wildman–Crippen MR) is 86.5 cm³/mol. The lowest BCUT2D eigenvalue weighted by atomic mass is 10.1. The van der Waals surface area contributed by atoms with E-state index >= 15 is 0 Å². The van der Waals surface area contributed by atoms with Crippen molar-refractivity contribution in [2.45, 2.75) is 32.9 Å². The second-order valence-electron chi connectivity index (χ2n) is 5.21. The minimum absolute atomic E-state index is 0.0895. The summed E-state index contributed by atoms with van der Waals surface area (Å²) < 4.78 is 13.0. The lowest BCUT2D eigenvalue weighted by Crippen LogP contribution is -2.41. The summed E-state index contributed by atoms with van der Waals surface area (Å²) in [6, 6.07) is 9.57. The lowest BCUT2D eigenvalue weighted by Gasteiger charge is -2.29. The molecule has 0 bridgehead atoms. The summed E-state index contributed by atoms with van der Waals surface area (Å²) in [5.41, 5.74) is 0.843. The number of amides is 1. The zero-order valence-corrected chi connectivity index (χ0v) is 13.6. The molecule has 1 N–H and O–H groups in total. The highest BCUT2D eigenvalue weighted by Gasteiger charge is 2.24. The number of hydrogen-bond acceptors (Lipinski definition) is 3. The standard InChI is InChI=1S/C17H20FNO2S/c1-3-15(11-20)19(10-13-5-7-14(18)8-6-13)17(21)16-9-4-12(2)22-16/h4-9,15,20H,3,10-11H2,1-2H3. The smallest absolute Gasteiger partial charge is 0.264 e. The number of benzene rings is 1. The molecule has 1 atom stereocenters. The normalized spacial score (nSPS) is 12.2. The van der Waals surface area contributed by atoms with Crippen LogP contribution in [0, 0.1) is 12.7 Å². The largest absolute Gasteiger partial charge is 0.394 e. The molecule has 0 aliphatic rings. The Bertz CT molecular complexity index is 620. The molecule has 0 aliphatic carbocycles. The van der Waals surface area contributed by atoms with Gasteiger partial charge in [0.05, 0.1) is 17.5 Å². The van der Waals surface area contributed by atoms with E-state index in [4.69, 9.17) is 0 Å². The number of carbonyl (C=O) groups excluding carboxylic acids is 1. The van der Waals surface area contributed by atoms with Crippen molar-refractivity contribution in [3.8, 4) is 0 Å². The van der Waals surface area contributed by atoms with Crippen molar-refractivity contribution in [3.63, 3.8) is 0 Å². The van der Waals surface area contributed by atoms with E-state index in [0.717, 1.165) is 10.4 Å². The molecule has 1 unspecified atom stereocenters. The van der Waals surface area contributed by atoms with Crippen LogP contribution in [0.4, 0.5) is 4.39 Å². The van der Waals surface area contributed by atoms with Crippen molar-refractivity contribution in [1.29, 1.82) is 0 Å². The van der Waals surface area contributed by atoms with Gasteiger partial charge in [0, 0.05) is 11.4 Å². The van der Waals surface area contributed by atoms with Gasteiger partial charge in [0.1, 0.15) is 5.82 Å². The molecule has 2 aromatic rings. The molecule has 1 aromatic carbocycles. The third-order valence-electron chi connectivity index (χ3n) is 3.60. The first-order valence-corrected chi connectivity index (χ1v) is 8.09. The molecule has 1 aromatic heterocycles. The average Bonchev–Trinajstić information content (AvgIpc) is 2.95. The molecule has 0 saturated heterocycles. The number of aliphatic hydroxyl groups excluding tert-OH is 1. The zero-order chi connectivity index (χ0) is 16.1. The van der Waals surface area contributed by atoms with E-state index in [9.17, 15) is 14.3 Å². The van der Waals surface area contributed by atoms with Gasteiger partial charge in [-0.3, -0.25) is 4.79 Å². The van der Waals surface area contributed by atoms with E-state index in [1.807, 2.05) is 26.0 Å². The van der Waals surface area contributed by atoms with E-state index in [0.29, 0.717) is 17.8 Å². The number of rotatable bonds is 6. The highest BCUT2D eigenvalue weighted by Crippen LogP contribution is 2.21. The second-order valence-corrected chi connectivity index (χ2v) is 6.50. The van der Waals surface area contributed by atoms with Gasteiger partial charge in [0.15, 0.2) is 0 Å². The Morgan fingerprint density at radius 1 is 1.27 bits per heavy atom. The number of carbonyl (C=O) groups is 1. The summed E-state index contributed by atoms with van der Waals surface area (Å²) in [6.07, 6.45) is 0.661. The van der Waals surface area contributed by atoms with E-state index in [2.05, 4.69) is 0 Å². The van der Waals surface area contributed by atoms with Gasteiger partial charge in [-0.15, -0.1) is 11.3 Å². The van der Waals surface area contributed by atoms with Crippen molar-refractivity contribution in [2.24, 2.45) is 0 Å². The minimum atomic E-state index is -0.301. The number of nitrogens with zero attached hydrogens (tertiary/aromatic N) is 1. The van der Waals surface area contributed by atoms with Crippen molar-refractivity contribution >= 4 is 17.2 Å². The topological polar surface area (TPSA) is 40.5 Å². The van der Waals surface area contributed by atoms with Crippen molar-refractivity contribution in [1.82, 2.24) is 4.90 Å². The fourth-order valence-corrected chi connectivity index (χ4v) is 3.12. The summed E-state index contributed by atoms with van der Waals surface area (Å²) >= 11 is 1.44. The zero-order valence-electron chi connectivity index (χ0n) is 12.8. The average molecular weight is 321 g/mol. The maximum absolute atomic E-state index is 13.0. The molecule has 0 fully saturated rings. The highest BCUT2D eigenvalue weighted by atomic mass is 32.1. The van der Waals surface area contributed by atoms with Crippen LogP contribution < -0.4 is 0 Å². The van der Waals surface area contributed by atoms with Gasteiger partial charge in [-0.2, -0.15) is 0 Å². The van der Waals surface area contributed by atoms with Crippen LogP contribution >= 0.6 is 11.3 Å². The summed E-state index contributed by atoms with van der Waals surface area (Å²) in [5.74, 6) is -0.395. The number of aliphatic hydroxyl groups is 1. The van der Waals surface area contributed by atoms with Gasteiger partial charge in [0.2, 0.25) is 0 Å². The maximum Gasteiger partial charge on any atom is 0.264 e. The van der Waals surface area contributed by atoms with Crippen LogP contribution in [-0.4, -0.2) is 28.6 Å². The van der Waals surface area contributed by atoms with Crippen LogP contribution in [0.25, 0.3) is 0 Å². The highest BCUT2D eigenvalue weighted by molar-refractivity contribution is 7.13. The van der Waals surface area contributed by atoms with E-state index in [1.54, 1.807) is 17.0 Å². The molecule has 0 radical (unpaired) electrons. The van der Waals surface area contributed by atoms with Gasteiger partial charge in [0.25, 0.3) is 5.91 Å². The van der Waals surface area contributed by atoms with Crippen LogP contribution in [0.5, 0.6) is 0 Å². The van der Waals surface area contributed by atoms with Gasteiger partial charge < -0.3 is 10.0 Å². The molecule has 3 nitrogen and oxygen atoms in total. The van der Waals surface area contributed by atoms with Gasteiger partial charge in [-0.25, -0.2) is 4.39 Å². The third-order valence-corrected chi connectivity index (χ3v) is 4.59. The molecular weight excluding hydrogens is 301 g/mol. The van der Waals surface area contributed by atoms with Crippen LogP contribution in [0.2, 0.25) is 0 Å². The fourth-order valence-electron chi connectivity index (χ4n) is 2.29. The molecule has 1 amide bonds. The van der Waals surface area contributed by atoms with Crippen molar-refractivity contribution < 1.29 is 14.3 Å². The van der Waals surface area contributed by atoms with Gasteiger partial charge in [-0.1, -0.05) is 19.1 Å². The van der Waals surface area contributed by atoms with Crippen LogP contribution in [-0.2, 0) is 6.54 Å². The van der Waals surface area contributed by atoms with Crippen LogP contribution in [0.15, 0.2) is 36.4 Å². The molecule has 1 heterocycles. The second kappa shape index (κ2) is 7.51. The van der Waals surface area contributed by atoms with E-state index in [1.165, 1.54) is 23.5 Å². The molecule has 0 aliphatic heterocycles. The molecule has 0 saturated carbocycles. The van der Waals surface area contributed by atoms with E-state index in [-0.39, 0.29) is 24.4 Å². The predicted octanol–water partition coefficient (Wildman–Crippen LogP) is 3.61. The SMILES string of the molecule is CCC(CO)N(Cc1ccc(F)cc1)C(=O)c1ccc(C)s1. The van der Waals surface area contributed by atoms with Gasteiger partial charge >= 0.3 is 0 Å². The number of thiophene rings is 1. The first-order valence-electron chi connectivity index (χ1n) is 7.27. The van der Waals surface area contributed by atoms with Crippen LogP contribution in [0.3, 0.4) is 0 Å². The van der Waals surface area contributed by atoms with E-state index < -0.39 is 0 Å². The quantitative estimate of drug-likeness (QED) is 0.883. The first-order chi connectivity index (χ1) is 10.5. The summed E-state index contributed by atoms with van der Waals surface area (Å²) in [5, 5.41) is 9.57. The Kier molecular flexibility index (Phi) is 5.69. The monoisotopic (exact) mass is 321 g/mol. The van der Waals surface area contributed by atoms with Crippen LogP contribution in [0.1, 0.15) is 33.5 Å². The third kappa shape index (κ3) is 3.93. The van der Waals surface area contributed by atoms with Crippen molar-refractivity contribution in [3.05, 3.63) is 57.5 Å². The molecule has 0 spiro atoms.